The number of ether oxygens (including phenoxy) is 1. The van der Waals surface area contributed by atoms with Crippen LogP contribution in [0.4, 0.5) is 0 Å². The first-order valence-electron chi connectivity index (χ1n) is 6.65. The van der Waals surface area contributed by atoms with Crippen molar-refractivity contribution < 1.29 is 9.53 Å². The van der Waals surface area contributed by atoms with E-state index in [0.29, 0.717) is 25.1 Å². The Morgan fingerprint density at radius 3 is 2.72 bits per heavy atom. The highest BCUT2D eigenvalue weighted by Gasteiger charge is 2.35. The Kier molecular flexibility index (Phi) is 7.04. The Morgan fingerprint density at radius 2 is 2.22 bits per heavy atom. The molecule has 0 aromatic rings. The minimum atomic E-state index is -0.365. The molecular weight excluding hydrogens is 248 g/mol. The fourth-order valence-corrected chi connectivity index (χ4v) is 2.61. The van der Waals surface area contributed by atoms with E-state index in [4.69, 9.17) is 10.5 Å². The second-order valence-electron chi connectivity index (χ2n) is 4.99. The van der Waals surface area contributed by atoms with Crippen molar-refractivity contribution in [2.24, 2.45) is 11.7 Å². The van der Waals surface area contributed by atoms with Crippen LogP contribution < -0.4 is 5.73 Å². The van der Waals surface area contributed by atoms with Crippen LogP contribution in [0.2, 0.25) is 0 Å². The predicted molar refractivity (Wildman–Crippen MR) is 76.7 cm³/mol. The maximum absolute atomic E-state index is 12.4. The number of methoxy groups -OCH3 is 1. The fraction of sp³-hybridized carbons (Fsp3) is 0.923. The molecule has 18 heavy (non-hydrogen) atoms. The Labute approximate surface area is 115 Å². The van der Waals surface area contributed by atoms with E-state index in [1.807, 2.05) is 11.2 Å². The van der Waals surface area contributed by atoms with Crippen molar-refractivity contribution in [1.82, 2.24) is 4.90 Å². The quantitative estimate of drug-likeness (QED) is 0.689. The summed E-state index contributed by atoms with van der Waals surface area (Å²) in [6, 6.07) is -0.0662. The SMILES string of the molecule is COCCN(C(=O)[C@@H](N)CCSC)C(C)C1CC1. The van der Waals surface area contributed by atoms with Gasteiger partial charge in [0.15, 0.2) is 0 Å². The molecule has 1 rings (SSSR count). The minimum absolute atomic E-state index is 0.0838. The van der Waals surface area contributed by atoms with Gasteiger partial charge in [-0.25, -0.2) is 0 Å². The van der Waals surface area contributed by atoms with Gasteiger partial charge >= 0.3 is 0 Å². The lowest BCUT2D eigenvalue weighted by Crippen LogP contribution is -2.49. The highest BCUT2D eigenvalue weighted by molar-refractivity contribution is 7.98. The van der Waals surface area contributed by atoms with Crippen LogP contribution in [-0.2, 0) is 9.53 Å². The van der Waals surface area contributed by atoms with Crippen LogP contribution in [-0.4, -0.2) is 55.2 Å². The third-order valence-corrected chi connectivity index (χ3v) is 4.21. The maximum Gasteiger partial charge on any atom is 0.239 e. The van der Waals surface area contributed by atoms with Gasteiger partial charge in [0.25, 0.3) is 0 Å². The van der Waals surface area contributed by atoms with Crippen molar-refractivity contribution in [3.8, 4) is 0 Å². The van der Waals surface area contributed by atoms with E-state index in [2.05, 4.69) is 6.92 Å². The average Bonchev–Trinajstić information content (AvgIpc) is 3.19. The Bertz CT molecular complexity index is 259. The summed E-state index contributed by atoms with van der Waals surface area (Å²) < 4.78 is 5.09. The molecule has 1 amide bonds. The van der Waals surface area contributed by atoms with Crippen LogP contribution in [0, 0.1) is 5.92 Å². The number of hydrogen-bond donors (Lipinski definition) is 1. The highest BCUT2D eigenvalue weighted by Crippen LogP contribution is 2.35. The molecule has 0 saturated heterocycles. The number of hydrogen-bond acceptors (Lipinski definition) is 4. The van der Waals surface area contributed by atoms with Crippen molar-refractivity contribution in [2.45, 2.75) is 38.3 Å². The molecule has 0 heterocycles. The molecular formula is C13H26N2O2S. The standard InChI is InChI=1S/C13H26N2O2S/c1-10(11-4-5-11)15(7-8-17-2)13(16)12(14)6-9-18-3/h10-12H,4-9,14H2,1-3H3/t10?,12-/m0/s1. The number of carbonyl (C=O) groups is 1. The summed E-state index contributed by atoms with van der Waals surface area (Å²) in [6.45, 7) is 3.37. The van der Waals surface area contributed by atoms with E-state index in [1.54, 1.807) is 18.9 Å². The lowest BCUT2D eigenvalue weighted by atomic mass is 10.1. The van der Waals surface area contributed by atoms with Gasteiger partial charge < -0.3 is 15.4 Å². The number of carbonyl (C=O) groups excluding carboxylic acids is 1. The van der Waals surface area contributed by atoms with Gasteiger partial charge in [-0.15, -0.1) is 0 Å². The van der Waals surface area contributed by atoms with E-state index in [0.717, 1.165) is 12.2 Å². The number of rotatable bonds is 9. The molecule has 5 heteroatoms. The van der Waals surface area contributed by atoms with Crippen LogP contribution in [0.3, 0.4) is 0 Å². The molecule has 1 unspecified atom stereocenters. The van der Waals surface area contributed by atoms with Crippen molar-refractivity contribution in [2.75, 3.05) is 32.3 Å². The molecule has 0 bridgehead atoms. The lowest BCUT2D eigenvalue weighted by molar-refractivity contribution is -0.135. The zero-order chi connectivity index (χ0) is 13.5. The van der Waals surface area contributed by atoms with Gasteiger partial charge in [0, 0.05) is 19.7 Å². The normalized spacial score (nSPS) is 18.4. The molecule has 1 aliphatic carbocycles. The molecule has 2 atom stereocenters. The molecule has 1 fully saturated rings. The van der Waals surface area contributed by atoms with Crippen molar-refractivity contribution >= 4 is 17.7 Å². The molecule has 0 spiro atoms. The van der Waals surface area contributed by atoms with Crippen LogP contribution in [0.15, 0.2) is 0 Å². The molecule has 2 N–H and O–H groups in total. The van der Waals surface area contributed by atoms with Gasteiger partial charge in [-0.2, -0.15) is 11.8 Å². The Hall–Kier alpha value is -0.260. The Balaban J connectivity index is 2.53. The van der Waals surface area contributed by atoms with E-state index in [1.165, 1.54) is 12.8 Å². The summed E-state index contributed by atoms with van der Waals surface area (Å²) in [6.07, 6.45) is 5.25. The molecule has 0 aromatic heterocycles. The van der Waals surface area contributed by atoms with Crippen LogP contribution in [0.1, 0.15) is 26.2 Å². The largest absolute Gasteiger partial charge is 0.383 e. The van der Waals surface area contributed by atoms with E-state index >= 15 is 0 Å². The number of nitrogens with two attached hydrogens (primary N) is 1. The first-order chi connectivity index (χ1) is 8.61. The maximum atomic E-state index is 12.4. The molecule has 0 radical (unpaired) electrons. The molecule has 0 aromatic carbocycles. The second-order valence-corrected chi connectivity index (χ2v) is 5.98. The van der Waals surface area contributed by atoms with E-state index in [9.17, 15) is 4.79 Å². The zero-order valence-electron chi connectivity index (χ0n) is 11.7. The van der Waals surface area contributed by atoms with Gasteiger partial charge in [0.1, 0.15) is 0 Å². The van der Waals surface area contributed by atoms with Crippen LogP contribution >= 0.6 is 11.8 Å². The second kappa shape index (κ2) is 8.02. The third-order valence-electron chi connectivity index (χ3n) is 3.57. The summed E-state index contributed by atoms with van der Waals surface area (Å²) >= 11 is 1.73. The number of amides is 1. The third kappa shape index (κ3) is 4.78. The molecule has 1 saturated carbocycles. The number of nitrogens with zero attached hydrogens (tertiary/aromatic N) is 1. The smallest absolute Gasteiger partial charge is 0.239 e. The average molecular weight is 274 g/mol. The van der Waals surface area contributed by atoms with Crippen molar-refractivity contribution in [3.05, 3.63) is 0 Å². The fourth-order valence-electron chi connectivity index (χ4n) is 2.12. The molecule has 1 aliphatic rings. The number of thioether (sulfide) groups is 1. The minimum Gasteiger partial charge on any atom is -0.383 e. The van der Waals surface area contributed by atoms with Gasteiger partial charge in [-0.1, -0.05) is 0 Å². The molecule has 0 aliphatic heterocycles. The van der Waals surface area contributed by atoms with Crippen LogP contribution in [0.25, 0.3) is 0 Å². The summed E-state index contributed by atoms with van der Waals surface area (Å²) in [4.78, 5) is 14.3. The van der Waals surface area contributed by atoms with Gasteiger partial charge in [0.2, 0.25) is 5.91 Å². The highest BCUT2D eigenvalue weighted by atomic mass is 32.2. The first kappa shape index (κ1) is 15.8. The predicted octanol–water partition coefficient (Wildman–Crippen LogP) is 1.34. The topological polar surface area (TPSA) is 55.6 Å². The first-order valence-corrected chi connectivity index (χ1v) is 8.05. The zero-order valence-corrected chi connectivity index (χ0v) is 12.5. The Morgan fingerprint density at radius 1 is 1.56 bits per heavy atom. The van der Waals surface area contributed by atoms with E-state index < -0.39 is 0 Å². The van der Waals surface area contributed by atoms with Crippen LogP contribution in [0.5, 0.6) is 0 Å². The summed E-state index contributed by atoms with van der Waals surface area (Å²) in [5.41, 5.74) is 5.99. The summed E-state index contributed by atoms with van der Waals surface area (Å²) in [5, 5.41) is 0. The lowest BCUT2D eigenvalue weighted by Gasteiger charge is -2.31. The summed E-state index contributed by atoms with van der Waals surface area (Å²) in [7, 11) is 1.66. The molecule has 106 valence electrons. The monoisotopic (exact) mass is 274 g/mol. The van der Waals surface area contributed by atoms with Gasteiger partial charge in [0.05, 0.1) is 12.6 Å². The van der Waals surface area contributed by atoms with Crippen molar-refractivity contribution in [3.63, 3.8) is 0 Å². The van der Waals surface area contributed by atoms with E-state index in [-0.39, 0.29) is 11.9 Å². The van der Waals surface area contributed by atoms with Crippen molar-refractivity contribution in [1.29, 1.82) is 0 Å². The van der Waals surface area contributed by atoms with Gasteiger partial charge in [-0.05, 0) is 44.1 Å². The van der Waals surface area contributed by atoms with Gasteiger partial charge in [-0.3, -0.25) is 4.79 Å². The summed E-state index contributed by atoms with van der Waals surface area (Å²) in [5.74, 6) is 1.68. The molecule has 4 nitrogen and oxygen atoms in total.